The second kappa shape index (κ2) is 6.84. The maximum absolute atomic E-state index is 12.0. The van der Waals surface area contributed by atoms with Crippen LogP contribution in [0.1, 0.15) is 21.5 Å². The Bertz CT molecular complexity index is 659. The van der Waals surface area contributed by atoms with Crippen molar-refractivity contribution in [2.45, 2.75) is 6.42 Å². The van der Waals surface area contributed by atoms with Crippen LogP contribution in [-0.2, 0) is 15.5 Å². The quantitative estimate of drug-likeness (QED) is 0.598. The summed E-state index contributed by atoms with van der Waals surface area (Å²) < 4.78 is 16.6. The normalized spacial score (nSPS) is 11.3. The van der Waals surface area contributed by atoms with E-state index in [0.717, 1.165) is 12.0 Å². The van der Waals surface area contributed by atoms with Gasteiger partial charge in [-0.15, -0.1) is 0 Å². The van der Waals surface area contributed by atoms with Gasteiger partial charge in [0.25, 0.3) is 0 Å². The molecule has 0 bridgehead atoms. The van der Waals surface area contributed by atoms with Gasteiger partial charge in [0.05, 0.1) is 0 Å². The topological polar surface area (TPSA) is 43.4 Å². The van der Waals surface area contributed by atoms with Crippen LogP contribution >= 0.6 is 7.37 Å². The van der Waals surface area contributed by atoms with Crippen LogP contribution in [0.5, 0.6) is 0 Å². The average molecular weight is 302 g/mol. The van der Waals surface area contributed by atoms with Gasteiger partial charge in [0, 0.05) is 18.9 Å². The van der Waals surface area contributed by atoms with Gasteiger partial charge in [-0.1, -0.05) is 48.5 Å². The first-order chi connectivity index (χ1) is 9.94. The lowest BCUT2D eigenvalue weighted by Gasteiger charge is -2.08. The van der Waals surface area contributed by atoms with Crippen LogP contribution in [0, 0.1) is 0 Å². The summed E-state index contributed by atoms with van der Waals surface area (Å²) in [5.41, 5.74) is 2.87. The zero-order chi connectivity index (χ0) is 15.3. The van der Waals surface area contributed by atoms with Crippen molar-refractivity contribution in [3.63, 3.8) is 0 Å². The van der Waals surface area contributed by atoms with Gasteiger partial charge in [0.15, 0.2) is 13.2 Å². The van der Waals surface area contributed by atoms with Crippen molar-refractivity contribution >= 4 is 13.2 Å². The molecular weight excluding hydrogens is 283 g/mol. The molecule has 2 rings (SSSR count). The van der Waals surface area contributed by atoms with Crippen molar-refractivity contribution in [3.8, 4) is 0 Å². The van der Waals surface area contributed by atoms with E-state index in [1.165, 1.54) is 18.9 Å². The lowest BCUT2D eigenvalue weighted by atomic mass is 10.0. The highest BCUT2D eigenvalue weighted by Crippen LogP contribution is 2.37. The highest BCUT2D eigenvalue weighted by atomic mass is 31.2. The molecule has 110 valence electrons. The molecule has 0 aliphatic heterocycles. The van der Waals surface area contributed by atoms with E-state index in [4.69, 9.17) is 4.52 Å². The molecule has 0 spiro atoms. The van der Waals surface area contributed by atoms with Crippen LogP contribution in [0.4, 0.5) is 0 Å². The lowest BCUT2D eigenvalue weighted by Crippen LogP contribution is -2.08. The van der Waals surface area contributed by atoms with E-state index in [-0.39, 0.29) is 12.4 Å². The molecule has 21 heavy (non-hydrogen) atoms. The van der Waals surface area contributed by atoms with Crippen molar-refractivity contribution in [2.75, 3.05) is 19.9 Å². The third kappa shape index (κ3) is 5.30. The molecule has 0 aliphatic carbocycles. The minimum atomic E-state index is -2.63. The van der Waals surface area contributed by atoms with Crippen molar-refractivity contribution in [3.05, 3.63) is 71.3 Å². The Morgan fingerprint density at radius 3 is 2.33 bits per heavy atom. The summed E-state index contributed by atoms with van der Waals surface area (Å²) in [6.45, 7) is 2.87. The van der Waals surface area contributed by atoms with Crippen LogP contribution in [-0.4, -0.2) is 25.7 Å². The molecule has 0 saturated carbocycles. The van der Waals surface area contributed by atoms with E-state index in [0.29, 0.717) is 5.56 Å². The number of ketones is 1. The summed E-state index contributed by atoms with van der Waals surface area (Å²) >= 11 is 0. The molecule has 4 heteroatoms. The maximum atomic E-state index is 12.0. The summed E-state index contributed by atoms with van der Waals surface area (Å²) in [4.78, 5) is 12.0. The second-order valence-electron chi connectivity index (χ2n) is 5.31. The minimum absolute atomic E-state index is 0.140. The predicted octanol–water partition coefficient (Wildman–Crippen LogP) is 4.01. The lowest BCUT2D eigenvalue weighted by molar-refractivity contribution is 0.0924. The molecule has 2 aromatic carbocycles. The molecule has 2 aromatic rings. The molecule has 0 fully saturated rings. The molecule has 0 atom stereocenters. The molecular formula is C17H19O3P. The van der Waals surface area contributed by atoms with Gasteiger partial charge in [-0.05, 0) is 23.6 Å². The molecule has 0 radical (unpaired) electrons. The Kier molecular flexibility index (Phi) is 5.11. The van der Waals surface area contributed by atoms with E-state index < -0.39 is 7.37 Å². The van der Waals surface area contributed by atoms with Gasteiger partial charge >= 0.3 is 0 Å². The first-order valence-corrected chi connectivity index (χ1v) is 9.31. The zero-order valence-corrected chi connectivity index (χ0v) is 13.2. The van der Waals surface area contributed by atoms with E-state index in [1.54, 1.807) is 6.07 Å². The van der Waals surface area contributed by atoms with Gasteiger partial charge in [0.1, 0.15) is 6.61 Å². The van der Waals surface area contributed by atoms with Crippen LogP contribution in [0.15, 0.2) is 54.6 Å². The van der Waals surface area contributed by atoms with Gasteiger partial charge in [-0.2, -0.15) is 0 Å². The fourth-order valence-corrected chi connectivity index (χ4v) is 2.41. The van der Waals surface area contributed by atoms with Crippen LogP contribution in [0.3, 0.4) is 0 Å². The standard InChI is InChI=1S/C17H19O3P/c1-21(2,19)20-13-17(18)16-10-6-9-15(12-16)11-14-7-4-3-5-8-14/h3-10,12H,11,13H2,1-2H3. The molecule has 0 aliphatic rings. The zero-order valence-electron chi connectivity index (χ0n) is 12.3. The largest absolute Gasteiger partial charge is 0.320 e. The number of hydrogen-bond acceptors (Lipinski definition) is 3. The number of carbonyl (C=O) groups excluding carboxylic acids is 1. The Hall–Kier alpha value is -1.70. The van der Waals surface area contributed by atoms with E-state index in [9.17, 15) is 9.36 Å². The highest BCUT2D eigenvalue weighted by Gasteiger charge is 2.12. The third-order valence-electron chi connectivity index (χ3n) is 3.01. The van der Waals surface area contributed by atoms with Crippen molar-refractivity contribution in [1.29, 1.82) is 0 Å². The van der Waals surface area contributed by atoms with E-state index in [1.807, 2.05) is 36.4 Å². The fraction of sp³-hybridized carbons (Fsp3) is 0.235. The number of benzene rings is 2. The Balaban J connectivity index is 2.07. The first kappa shape index (κ1) is 15.7. The molecule has 0 saturated heterocycles. The average Bonchev–Trinajstić information content (AvgIpc) is 2.45. The number of Topliss-reactive ketones (excluding diaryl/α,β-unsaturated/α-hetero) is 1. The number of rotatable bonds is 6. The Morgan fingerprint density at radius 2 is 1.67 bits per heavy atom. The van der Waals surface area contributed by atoms with Crippen molar-refractivity contribution in [1.82, 2.24) is 0 Å². The predicted molar refractivity (Wildman–Crippen MR) is 85.4 cm³/mol. The summed E-state index contributed by atoms with van der Waals surface area (Å²) in [6, 6.07) is 17.6. The van der Waals surface area contributed by atoms with Gasteiger partial charge in [0.2, 0.25) is 0 Å². The monoisotopic (exact) mass is 302 g/mol. The van der Waals surface area contributed by atoms with Crippen LogP contribution < -0.4 is 0 Å². The number of carbonyl (C=O) groups is 1. The third-order valence-corrected chi connectivity index (χ3v) is 3.76. The molecule has 3 nitrogen and oxygen atoms in total. The first-order valence-electron chi connectivity index (χ1n) is 6.80. The highest BCUT2D eigenvalue weighted by molar-refractivity contribution is 7.57. The summed E-state index contributed by atoms with van der Waals surface area (Å²) in [5.74, 6) is -0.145. The molecule has 0 unspecified atom stereocenters. The van der Waals surface area contributed by atoms with Crippen molar-refractivity contribution in [2.24, 2.45) is 0 Å². The van der Waals surface area contributed by atoms with E-state index >= 15 is 0 Å². The summed E-state index contributed by atoms with van der Waals surface area (Å²) in [7, 11) is -2.63. The molecule has 0 heterocycles. The smallest absolute Gasteiger partial charge is 0.197 e. The second-order valence-corrected chi connectivity index (χ2v) is 8.07. The number of hydrogen-bond donors (Lipinski definition) is 0. The minimum Gasteiger partial charge on any atom is -0.320 e. The Morgan fingerprint density at radius 1 is 1.00 bits per heavy atom. The molecule has 0 N–H and O–H groups in total. The molecule has 0 amide bonds. The fourth-order valence-electron chi connectivity index (χ4n) is 1.98. The summed E-state index contributed by atoms with van der Waals surface area (Å²) in [5, 5.41) is 0. The van der Waals surface area contributed by atoms with Gasteiger partial charge in [-0.25, -0.2) is 0 Å². The van der Waals surface area contributed by atoms with Gasteiger partial charge in [-0.3, -0.25) is 9.36 Å². The SMILES string of the molecule is CP(C)(=O)OCC(=O)c1cccc(Cc2ccccc2)c1. The Labute approximate surface area is 125 Å². The van der Waals surface area contributed by atoms with E-state index in [2.05, 4.69) is 12.1 Å². The van der Waals surface area contributed by atoms with Crippen LogP contribution in [0.25, 0.3) is 0 Å². The maximum Gasteiger partial charge on any atom is 0.197 e. The summed E-state index contributed by atoms with van der Waals surface area (Å²) in [6.07, 6.45) is 0.781. The molecule has 0 aromatic heterocycles. The van der Waals surface area contributed by atoms with Crippen molar-refractivity contribution < 1.29 is 13.9 Å². The van der Waals surface area contributed by atoms with Gasteiger partial charge < -0.3 is 4.52 Å². The van der Waals surface area contributed by atoms with Crippen LogP contribution in [0.2, 0.25) is 0 Å².